The van der Waals surface area contributed by atoms with Gasteiger partial charge in [-0.1, -0.05) is 0 Å². The van der Waals surface area contributed by atoms with Crippen LogP contribution in [0.2, 0.25) is 0 Å². The fourth-order valence-corrected chi connectivity index (χ4v) is 3.21. The summed E-state index contributed by atoms with van der Waals surface area (Å²) in [6.07, 6.45) is 3.42. The van der Waals surface area contributed by atoms with E-state index < -0.39 is 5.97 Å². The Morgan fingerprint density at radius 3 is 2.56 bits per heavy atom. The summed E-state index contributed by atoms with van der Waals surface area (Å²) in [5, 5.41) is 8.93. The van der Waals surface area contributed by atoms with Gasteiger partial charge in [0.15, 0.2) is 11.5 Å². The summed E-state index contributed by atoms with van der Waals surface area (Å²) in [5.74, 6) is 0.299. The van der Waals surface area contributed by atoms with E-state index in [0.717, 1.165) is 19.3 Å². The van der Waals surface area contributed by atoms with Gasteiger partial charge in [-0.25, -0.2) is 0 Å². The Morgan fingerprint density at radius 2 is 1.88 bits per heavy atom. The van der Waals surface area contributed by atoms with Crippen LogP contribution < -0.4 is 9.47 Å². The lowest BCUT2D eigenvalue weighted by Crippen LogP contribution is -2.44. The molecule has 25 heavy (non-hydrogen) atoms. The molecule has 0 radical (unpaired) electrons. The Bertz CT molecular complexity index is 601. The van der Waals surface area contributed by atoms with E-state index in [1.807, 2.05) is 18.7 Å². The van der Waals surface area contributed by atoms with Gasteiger partial charge in [0.05, 0.1) is 13.2 Å². The van der Waals surface area contributed by atoms with E-state index in [1.165, 1.54) is 0 Å². The van der Waals surface area contributed by atoms with Crippen molar-refractivity contribution < 1.29 is 24.2 Å². The van der Waals surface area contributed by atoms with E-state index in [4.69, 9.17) is 14.6 Å². The number of benzene rings is 1. The molecule has 0 saturated carbocycles. The highest BCUT2D eigenvalue weighted by molar-refractivity contribution is 5.95. The van der Waals surface area contributed by atoms with Crippen molar-refractivity contribution in [3.63, 3.8) is 0 Å². The van der Waals surface area contributed by atoms with Crippen LogP contribution in [-0.4, -0.2) is 47.7 Å². The maximum atomic E-state index is 13.0. The molecular formula is C19H27NO5. The van der Waals surface area contributed by atoms with E-state index in [0.29, 0.717) is 43.2 Å². The fraction of sp³-hybridized carbons (Fsp3) is 0.579. The van der Waals surface area contributed by atoms with Crippen LogP contribution in [0.4, 0.5) is 0 Å². The fourth-order valence-electron chi connectivity index (χ4n) is 3.21. The van der Waals surface area contributed by atoms with Crippen LogP contribution in [0.5, 0.6) is 11.5 Å². The van der Waals surface area contributed by atoms with E-state index >= 15 is 0 Å². The Kier molecular flexibility index (Phi) is 7.10. The van der Waals surface area contributed by atoms with Gasteiger partial charge in [0, 0.05) is 24.6 Å². The summed E-state index contributed by atoms with van der Waals surface area (Å²) >= 11 is 0. The number of nitrogens with zero attached hydrogens (tertiary/aromatic N) is 1. The van der Waals surface area contributed by atoms with Crippen molar-refractivity contribution in [3.8, 4) is 11.5 Å². The van der Waals surface area contributed by atoms with Crippen molar-refractivity contribution in [1.82, 2.24) is 4.90 Å². The predicted molar refractivity (Wildman–Crippen MR) is 94.3 cm³/mol. The molecule has 1 aromatic carbocycles. The monoisotopic (exact) mass is 349 g/mol. The quantitative estimate of drug-likeness (QED) is 0.779. The molecule has 0 aliphatic carbocycles. The van der Waals surface area contributed by atoms with Crippen molar-refractivity contribution in [2.75, 3.05) is 19.8 Å². The average molecular weight is 349 g/mol. The summed E-state index contributed by atoms with van der Waals surface area (Å²) in [5.41, 5.74) is 0.550. The largest absolute Gasteiger partial charge is 0.490 e. The first-order valence-electron chi connectivity index (χ1n) is 8.99. The molecule has 6 heteroatoms. The molecule has 1 atom stereocenters. The summed E-state index contributed by atoms with van der Waals surface area (Å²) < 4.78 is 11.1. The van der Waals surface area contributed by atoms with Crippen molar-refractivity contribution in [2.45, 2.75) is 52.0 Å². The minimum absolute atomic E-state index is 0.0144. The van der Waals surface area contributed by atoms with Gasteiger partial charge in [-0.2, -0.15) is 0 Å². The molecule has 1 aliphatic heterocycles. The van der Waals surface area contributed by atoms with Gasteiger partial charge < -0.3 is 19.5 Å². The van der Waals surface area contributed by atoms with Crippen molar-refractivity contribution in [1.29, 1.82) is 0 Å². The first-order valence-corrected chi connectivity index (χ1v) is 8.99. The Labute approximate surface area is 148 Å². The lowest BCUT2D eigenvalue weighted by Gasteiger charge is -2.35. The molecule has 1 heterocycles. The first-order chi connectivity index (χ1) is 12.1. The highest BCUT2D eigenvalue weighted by Crippen LogP contribution is 2.30. The smallest absolute Gasteiger partial charge is 0.303 e. The third-order valence-corrected chi connectivity index (χ3v) is 4.37. The standard InChI is InChI=1S/C19H27NO5/c1-3-24-16-10-8-14(13-17(16)25-4-2)19(23)20-12-6-5-7-15(20)9-11-18(21)22/h8,10,13,15H,3-7,9,11-12H2,1-2H3,(H,21,22). The number of carbonyl (C=O) groups excluding carboxylic acids is 1. The average Bonchev–Trinajstić information content (AvgIpc) is 2.61. The van der Waals surface area contributed by atoms with E-state index in [-0.39, 0.29) is 18.4 Å². The molecule has 6 nitrogen and oxygen atoms in total. The molecule has 2 rings (SSSR count). The molecule has 1 N–H and O–H groups in total. The number of carboxylic acids is 1. The number of aliphatic carboxylic acids is 1. The van der Waals surface area contributed by atoms with Gasteiger partial charge in [-0.05, 0) is 57.7 Å². The zero-order valence-electron chi connectivity index (χ0n) is 15.0. The van der Waals surface area contributed by atoms with Crippen LogP contribution in [0, 0.1) is 0 Å². The van der Waals surface area contributed by atoms with Gasteiger partial charge >= 0.3 is 5.97 Å². The minimum atomic E-state index is -0.822. The second kappa shape index (κ2) is 9.30. The van der Waals surface area contributed by atoms with Gasteiger partial charge in [0.2, 0.25) is 0 Å². The Balaban J connectivity index is 2.18. The van der Waals surface area contributed by atoms with Crippen LogP contribution >= 0.6 is 0 Å². The molecule has 1 unspecified atom stereocenters. The van der Waals surface area contributed by atoms with E-state index in [9.17, 15) is 9.59 Å². The number of hydrogen-bond acceptors (Lipinski definition) is 4. The summed E-state index contributed by atoms with van der Waals surface area (Å²) in [7, 11) is 0. The molecule has 138 valence electrons. The number of amides is 1. The number of likely N-dealkylation sites (tertiary alicyclic amines) is 1. The van der Waals surface area contributed by atoms with Crippen LogP contribution in [0.3, 0.4) is 0 Å². The lowest BCUT2D eigenvalue weighted by atomic mass is 9.97. The second-order valence-corrected chi connectivity index (χ2v) is 6.11. The number of hydrogen-bond donors (Lipinski definition) is 1. The molecule has 1 fully saturated rings. The van der Waals surface area contributed by atoms with Crippen molar-refractivity contribution in [3.05, 3.63) is 23.8 Å². The SMILES string of the molecule is CCOc1ccc(C(=O)N2CCCCC2CCC(=O)O)cc1OCC. The van der Waals surface area contributed by atoms with Crippen LogP contribution in [0.15, 0.2) is 18.2 Å². The molecular weight excluding hydrogens is 322 g/mol. The van der Waals surface area contributed by atoms with Crippen molar-refractivity contribution in [2.24, 2.45) is 0 Å². The van der Waals surface area contributed by atoms with Gasteiger partial charge in [0.25, 0.3) is 5.91 Å². The van der Waals surface area contributed by atoms with Crippen molar-refractivity contribution >= 4 is 11.9 Å². The summed E-state index contributed by atoms with van der Waals surface area (Å²) in [6.45, 7) is 5.46. The summed E-state index contributed by atoms with van der Waals surface area (Å²) in [4.78, 5) is 25.7. The third kappa shape index (κ3) is 5.11. The number of carbonyl (C=O) groups is 2. The van der Waals surface area contributed by atoms with Gasteiger partial charge in [0.1, 0.15) is 0 Å². The predicted octanol–water partition coefficient (Wildman–Crippen LogP) is 3.34. The van der Waals surface area contributed by atoms with Crippen LogP contribution in [0.1, 0.15) is 56.3 Å². The highest BCUT2D eigenvalue weighted by Gasteiger charge is 2.28. The molecule has 1 aliphatic rings. The minimum Gasteiger partial charge on any atom is -0.490 e. The van der Waals surface area contributed by atoms with E-state index in [1.54, 1.807) is 18.2 Å². The Morgan fingerprint density at radius 1 is 1.16 bits per heavy atom. The molecule has 0 bridgehead atoms. The molecule has 1 aromatic rings. The zero-order chi connectivity index (χ0) is 18.2. The number of rotatable bonds is 8. The van der Waals surface area contributed by atoms with Gasteiger partial charge in [-0.3, -0.25) is 9.59 Å². The maximum absolute atomic E-state index is 13.0. The second-order valence-electron chi connectivity index (χ2n) is 6.11. The molecule has 0 aromatic heterocycles. The number of carboxylic acid groups (broad SMARTS) is 1. The molecule has 1 amide bonds. The molecule has 0 spiro atoms. The van der Waals surface area contributed by atoms with E-state index in [2.05, 4.69) is 0 Å². The normalized spacial score (nSPS) is 17.2. The Hall–Kier alpha value is -2.24. The first kappa shape index (κ1) is 19.1. The summed E-state index contributed by atoms with van der Waals surface area (Å²) in [6, 6.07) is 5.22. The molecule has 1 saturated heterocycles. The third-order valence-electron chi connectivity index (χ3n) is 4.37. The van der Waals surface area contributed by atoms with Gasteiger partial charge in [-0.15, -0.1) is 0 Å². The van der Waals surface area contributed by atoms with Crippen LogP contribution in [0.25, 0.3) is 0 Å². The number of ether oxygens (including phenoxy) is 2. The lowest BCUT2D eigenvalue weighted by molar-refractivity contribution is -0.137. The van der Waals surface area contributed by atoms with Crippen LogP contribution in [-0.2, 0) is 4.79 Å². The zero-order valence-corrected chi connectivity index (χ0v) is 15.0. The highest BCUT2D eigenvalue weighted by atomic mass is 16.5. The topological polar surface area (TPSA) is 76.1 Å². The number of piperidine rings is 1. The maximum Gasteiger partial charge on any atom is 0.303 e.